The summed E-state index contributed by atoms with van der Waals surface area (Å²) in [5, 5.41) is 0. The SMILES string of the molecule is CC(C)(C)OC(=O)N1CCCC(CCC(=O)C(F)F)C1. The maximum atomic E-state index is 12.1. The molecule has 1 fully saturated rings. The van der Waals surface area contributed by atoms with Crippen LogP contribution in [0.25, 0.3) is 0 Å². The molecule has 1 atom stereocenters. The third kappa shape index (κ3) is 5.84. The Morgan fingerprint density at radius 2 is 2.00 bits per heavy atom. The second-order valence-corrected chi connectivity index (χ2v) is 6.24. The van der Waals surface area contributed by atoms with Crippen LogP contribution in [0.1, 0.15) is 46.5 Å². The average Bonchev–Trinajstić information content (AvgIpc) is 2.34. The van der Waals surface area contributed by atoms with Crippen LogP contribution in [0.15, 0.2) is 0 Å². The maximum absolute atomic E-state index is 12.1. The molecule has 20 heavy (non-hydrogen) atoms. The molecule has 1 amide bonds. The van der Waals surface area contributed by atoms with Crippen LogP contribution in [-0.4, -0.2) is 41.9 Å². The van der Waals surface area contributed by atoms with Gasteiger partial charge in [-0.1, -0.05) is 0 Å². The lowest BCUT2D eigenvalue weighted by atomic mass is 9.93. The molecule has 6 heteroatoms. The molecule has 0 saturated carbocycles. The molecule has 0 spiro atoms. The normalized spacial score (nSPS) is 20.1. The number of piperidine rings is 1. The fourth-order valence-electron chi connectivity index (χ4n) is 2.25. The van der Waals surface area contributed by atoms with E-state index in [1.165, 1.54) is 0 Å². The first kappa shape index (κ1) is 16.9. The van der Waals surface area contributed by atoms with Crippen molar-refractivity contribution in [1.82, 2.24) is 4.90 Å². The summed E-state index contributed by atoms with van der Waals surface area (Å²) in [6.45, 7) is 6.49. The number of carbonyl (C=O) groups excluding carboxylic acids is 2. The predicted molar refractivity (Wildman–Crippen MR) is 70.8 cm³/mol. The Morgan fingerprint density at radius 1 is 1.35 bits per heavy atom. The standard InChI is InChI=1S/C14H23F2NO3/c1-14(2,3)20-13(19)17-8-4-5-10(9-17)6-7-11(18)12(15)16/h10,12H,4-9H2,1-3H3. The second-order valence-electron chi connectivity index (χ2n) is 6.24. The summed E-state index contributed by atoms with van der Waals surface area (Å²) in [6, 6.07) is 0. The minimum atomic E-state index is -2.89. The molecule has 0 aliphatic carbocycles. The minimum Gasteiger partial charge on any atom is -0.444 e. The highest BCUT2D eigenvalue weighted by Gasteiger charge is 2.28. The number of amides is 1. The van der Waals surface area contributed by atoms with Crippen LogP contribution in [0.2, 0.25) is 0 Å². The Bertz CT molecular complexity index is 353. The van der Waals surface area contributed by atoms with E-state index < -0.39 is 17.8 Å². The first-order valence-corrected chi connectivity index (χ1v) is 6.98. The monoisotopic (exact) mass is 291 g/mol. The number of likely N-dealkylation sites (tertiary alicyclic amines) is 1. The van der Waals surface area contributed by atoms with E-state index in [-0.39, 0.29) is 18.4 Å². The highest BCUT2D eigenvalue weighted by Crippen LogP contribution is 2.23. The molecule has 1 rings (SSSR count). The zero-order chi connectivity index (χ0) is 15.3. The summed E-state index contributed by atoms with van der Waals surface area (Å²) in [6.07, 6.45) is -1.31. The van der Waals surface area contributed by atoms with Crippen LogP contribution < -0.4 is 0 Å². The van der Waals surface area contributed by atoms with Crippen molar-refractivity contribution in [1.29, 1.82) is 0 Å². The molecule has 1 aliphatic heterocycles. The van der Waals surface area contributed by atoms with E-state index in [1.54, 1.807) is 25.7 Å². The number of hydrogen-bond donors (Lipinski definition) is 0. The topological polar surface area (TPSA) is 46.6 Å². The quantitative estimate of drug-likeness (QED) is 0.798. The molecule has 0 radical (unpaired) electrons. The number of nitrogens with zero attached hydrogens (tertiary/aromatic N) is 1. The van der Waals surface area contributed by atoms with Gasteiger partial charge >= 0.3 is 6.09 Å². The van der Waals surface area contributed by atoms with Crippen LogP contribution in [0.4, 0.5) is 13.6 Å². The molecule has 1 saturated heterocycles. The average molecular weight is 291 g/mol. The summed E-state index contributed by atoms with van der Waals surface area (Å²) < 4.78 is 29.6. The van der Waals surface area contributed by atoms with Gasteiger partial charge in [0.05, 0.1) is 0 Å². The van der Waals surface area contributed by atoms with Gasteiger partial charge in [-0.2, -0.15) is 0 Å². The van der Waals surface area contributed by atoms with E-state index in [4.69, 9.17) is 4.74 Å². The molecule has 0 bridgehead atoms. The van der Waals surface area contributed by atoms with Crippen LogP contribution in [0.5, 0.6) is 0 Å². The predicted octanol–water partition coefficient (Wildman–Crippen LogP) is 3.25. The Labute approximate surface area is 118 Å². The fourth-order valence-corrected chi connectivity index (χ4v) is 2.25. The molecule has 1 heterocycles. The maximum Gasteiger partial charge on any atom is 0.410 e. The van der Waals surface area contributed by atoms with Gasteiger partial charge in [0.15, 0.2) is 5.78 Å². The van der Waals surface area contributed by atoms with Crippen molar-refractivity contribution < 1.29 is 23.1 Å². The summed E-state index contributed by atoms with van der Waals surface area (Å²) in [5.74, 6) is -0.918. The van der Waals surface area contributed by atoms with Crippen molar-refractivity contribution >= 4 is 11.9 Å². The Hall–Kier alpha value is -1.20. The highest BCUT2D eigenvalue weighted by molar-refractivity contribution is 5.81. The lowest BCUT2D eigenvalue weighted by Crippen LogP contribution is -2.43. The number of halogens is 2. The molecular weight excluding hydrogens is 268 g/mol. The third-order valence-electron chi connectivity index (χ3n) is 3.21. The third-order valence-corrected chi connectivity index (χ3v) is 3.21. The second kappa shape index (κ2) is 6.99. The number of hydrogen-bond acceptors (Lipinski definition) is 3. The molecule has 4 nitrogen and oxygen atoms in total. The fraction of sp³-hybridized carbons (Fsp3) is 0.857. The number of ether oxygens (including phenoxy) is 1. The molecule has 1 unspecified atom stereocenters. The Kier molecular flexibility index (Phi) is 5.89. The number of ketones is 1. The largest absolute Gasteiger partial charge is 0.444 e. The van der Waals surface area contributed by atoms with Gasteiger partial charge < -0.3 is 9.64 Å². The van der Waals surface area contributed by atoms with Gasteiger partial charge in [0.2, 0.25) is 0 Å². The van der Waals surface area contributed by atoms with Crippen molar-refractivity contribution in [2.75, 3.05) is 13.1 Å². The minimum absolute atomic E-state index is 0.0963. The zero-order valence-electron chi connectivity index (χ0n) is 12.3. The van der Waals surface area contributed by atoms with Gasteiger partial charge in [0.25, 0.3) is 6.43 Å². The van der Waals surface area contributed by atoms with Crippen molar-refractivity contribution in [2.45, 2.75) is 58.5 Å². The number of Topliss-reactive ketones (excluding diaryl/α,β-unsaturated/α-hetero) is 1. The highest BCUT2D eigenvalue weighted by atomic mass is 19.3. The Balaban J connectivity index is 2.42. The molecule has 116 valence electrons. The van der Waals surface area contributed by atoms with Crippen LogP contribution >= 0.6 is 0 Å². The van der Waals surface area contributed by atoms with Crippen LogP contribution in [0, 0.1) is 5.92 Å². The molecule has 0 aromatic carbocycles. The van der Waals surface area contributed by atoms with E-state index in [0.29, 0.717) is 19.5 Å². The lowest BCUT2D eigenvalue weighted by molar-refractivity contribution is -0.129. The summed E-state index contributed by atoms with van der Waals surface area (Å²) in [7, 11) is 0. The van der Waals surface area contributed by atoms with Crippen molar-refractivity contribution in [3.63, 3.8) is 0 Å². The molecule has 0 N–H and O–H groups in total. The van der Waals surface area contributed by atoms with E-state index >= 15 is 0 Å². The van der Waals surface area contributed by atoms with Crippen LogP contribution in [0.3, 0.4) is 0 Å². The molecule has 0 aromatic rings. The van der Waals surface area contributed by atoms with Gasteiger partial charge in [0, 0.05) is 19.5 Å². The Morgan fingerprint density at radius 3 is 2.55 bits per heavy atom. The molecular formula is C14H23F2NO3. The molecule has 1 aliphatic rings. The first-order chi connectivity index (χ1) is 9.19. The first-order valence-electron chi connectivity index (χ1n) is 6.98. The van der Waals surface area contributed by atoms with E-state index in [1.807, 2.05) is 0 Å². The van der Waals surface area contributed by atoms with Gasteiger partial charge in [0.1, 0.15) is 5.60 Å². The number of carbonyl (C=O) groups is 2. The van der Waals surface area contributed by atoms with Gasteiger partial charge in [-0.3, -0.25) is 4.79 Å². The van der Waals surface area contributed by atoms with Gasteiger partial charge in [-0.15, -0.1) is 0 Å². The van der Waals surface area contributed by atoms with E-state index in [9.17, 15) is 18.4 Å². The zero-order valence-corrected chi connectivity index (χ0v) is 12.3. The number of alkyl halides is 2. The van der Waals surface area contributed by atoms with Crippen molar-refractivity contribution in [3.05, 3.63) is 0 Å². The summed E-state index contributed by atoms with van der Waals surface area (Å²) >= 11 is 0. The van der Waals surface area contributed by atoms with E-state index in [0.717, 1.165) is 12.8 Å². The van der Waals surface area contributed by atoms with Gasteiger partial charge in [-0.25, -0.2) is 13.6 Å². The van der Waals surface area contributed by atoms with Gasteiger partial charge in [-0.05, 0) is 46.0 Å². The molecule has 0 aromatic heterocycles. The number of rotatable bonds is 4. The summed E-state index contributed by atoms with van der Waals surface area (Å²) in [4.78, 5) is 24.5. The van der Waals surface area contributed by atoms with Crippen LogP contribution in [-0.2, 0) is 9.53 Å². The lowest BCUT2D eigenvalue weighted by Gasteiger charge is -2.34. The van der Waals surface area contributed by atoms with Crippen molar-refractivity contribution in [2.24, 2.45) is 5.92 Å². The smallest absolute Gasteiger partial charge is 0.410 e. The van der Waals surface area contributed by atoms with E-state index in [2.05, 4.69) is 0 Å². The summed E-state index contributed by atoms with van der Waals surface area (Å²) in [5.41, 5.74) is -0.546. The van der Waals surface area contributed by atoms with Crippen molar-refractivity contribution in [3.8, 4) is 0 Å².